The summed E-state index contributed by atoms with van der Waals surface area (Å²) in [6.07, 6.45) is 14.1. The third-order valence-electron chi connectivity index (χ3n) is 4.48. The Bertz CT molecular complexity index is 228. The summed E-state index contributed by atoms with van der Waals surface area (Å²) in [6, 6.07) is 0. The SMILES string of the molecule is CCCCCCCCCC(=O)CC1(CN)CCC1. The van der Waals surface area contributed by atoms with Crippen LogP contribution >= 0.6 is 0 Å². The fourth-order valence-corrected chi connectivity index (χ4v) is 2.92. The van der Waals surface area contributed by atoms with E-state index >= 15 is 0 Å². The van der Waals surface area contributed by atoms with Gasteiger partial charge in [-0.2, -0.15) is 0 Å². The molecule has 0 unspecified atom stereocenters. The Morgan fingerprint density at radius 1 is 1.06 bits per heavy atom. The molecule has 1 aliphatic rings. The third-order valence-corrected chi connectivity index (χ3v) is 4.48. The van der Waals surface area contributed by atoms with Crippen molar-refractivity contribution in [3.05, 3.63) is 0 Å². The van der Waals surface area contributed by atoms with Crippen LogP contribution in [0.15, 0.2) is 0 Å². The maximum atomic E-state index is 11.9. The van der Waals surface area contributed by atoms with Gasteiger partial charge in [0.05, 0.1) is 0 Å². The first-order valence-electron chi connectivity index (χ1n) is 7.94. The molecule has 0 radical (unpaired) electrons. The van der Waals surface area contributed by atoms with E-state index in [0.717, 1.165) is 19.3 Å². The second-order valence-corrected chi connectivity index (χ2v) is 6.14. The van der Waals surface area contributed by atoms with Crippen molar-refractivity contribution in [2.75, 3.05) is 6.54 Å². The minimum absolute atomic E-state index is 0.207. The van der Waals surface area contributed by atoms with Crippen LogP contribution < -0.4 is 5.73 Å². The van der Waals surface area contributed by atoms with Crippen molar-refractivity contribution in [1.82, 2.24) is 0 Å². The van der Waals surface area contributed by atoms with Gasteiger partial charge < -0.3 is 5.73 Å². The fraction of sp³-hybridized carbons (Fsp3) is 0.938. The monoisotopic (exact) mass is 253 g/mol. The molecule has 0 aromatic carbocycles. The van der Waals surface area contributed by atoms with Crippen molar-refractivity contribution >= 4 is 5.78 Å². The number of hydrogen-bond acceptors (Lipinski definition) is 2. The number of carbonyl (C=O) groups excluding carboxylic acids is 1. The van der Waals surface area contributed by atoms with E-state index < -0.39 is 0 Å². The van der Waals surface area contributed by atoms with Crippen molar-refractivity contribution in [2.45, 2.75) is 84.0 Å². The van der Waals surface area contributed by atoms with Gasteiger partial charge in [-0.3, -0.25) is 4.79 Å². The number of Topliss-reactive ketones (excluding diaryl/α,β-unsaturated/α-hetero) is 1. The Labute approximate surface area is 113 Å². The van der Waals surface area contributed by atoms with Crippen molar-refractivity contribution in [1.29, 1.82) is 0 Å². The smallest absolute Gasteiger partial charge is 0.133 e. The Morgan fingerprint density at radius 2 is 1.67 bits per heavy atom. The van der Waals surface area contributed by atoms with Crippen LogP contribution in [0, 0.1) is 5.41 Å². The normalized spacial score (nSPS) is 17.4. The van der Waals surface area contributed by atoms with Crippen molar-refractivity contribution in [3.8, 4) is 0 Å². The fourth-order valence-electron chi connectivity index (χ4n) is 2.92. The van der Waals surface area contributed by atoms with Gasteiger partial charge in [0, 0.05) is 12.8 Å². The number of ketones is 1. The van der Waals surface area contributed by atoms with Crippen LogP contribution in [0.3, 0.4) is 0 Å². The van der Waals surface area contributed by atoms with Crippen LogP contribution in [-0.4, -0.2) is 12.3 Å². The molecule has 0 atom stereocenters. The molecule has 2 heteroatoms. The topological polar surface area (TPSA) is 43.1 Å². The van der Waals surface area contributed by atoms with E-state index in [4.69, 9.17) is 5.73 Å². The van der Waals surface area contributed by atoms with Gasteiger partial charge in [0.2, 0.25) is 0 Å². The highest BCUT2D eigenvalue weighted by molar-refractivity contribution is 5.79. The Morgan fingerprint density at radius 3 is 2.17 bits per heavy atom. The first-order chi connectivity index (χ1) is 8.72. The molecular formula is C16H31NO. The van der Waals surface area contributed by atoms with Crippen LogP contribution in [-0.2, 0) is 4.79 Å². The Hall–Kier alpha value is -0.370. The molecule has 1 saturated carbocycles. The van der Waals surface area contributed by atoms with Gasteiger partial charge in [-0.05, 0) is 31.2 Å². The van der Waals surface area contributed by atoms with E-state index in [1.807, 2.05) is 0 Å². The Kier molecular flexibility index (Phi) is 7.57. The molecule has 2 N–H and O–H groups in total. The van der Waals surface area contributed by atoms with Crippen LogP contribution in [0.5, 0.6) is 0 Å². The van der Waals surface area contributed by atoms with Crippen molar-refractivity contribution < 1.29 is 4.79 Å². The van der Waals surface area contributed by atoms with Gasteiger partial charge in [0.1, 0.15) is 5.78 Å². The number of rotatable bonds is 11. The minimum Gasteiger partial charge on any atom is -0.330 e. The van der Waals surface area contributed by atoms with Crippen LogP contribution in [0.1, 0.15) is 84.0 Å². The zero-order chi connectivity index (χ0) is 13.3. The van der Waals surface area contributed by atoms with Crippen molar-refractivity contribution in [2.24, 2.45) is 11.1 Å². The molecule has 0 bridgehead atoms. The highest BCUT2D eigenvalue weighted by Crippen LogP contribution is 2.43. The predicted octanol–water partition coefficient (Wildman–Crippen LogP) is 4.22. The number of nitrogens with two attached hydrogens (primary N) is 1. The molecule has 0 spiro atoms. The lowest BCUT2D eigenvalue weighted by Crippen LogP contribution is -2.39. The molecule has 1 fully saturated rings. The molecule has 0 aromatic rings. The average Bonchev–Trinajstić information content (AvgIpc) is 2.33. The second-order valence-electron chi connectivity index (χ2n) is 6.14. The molecule has 0 heterocycles. The van der Waals surface area contributed by atoms with Gasteiger partial charge in [-0.25, -0.2) is 0 Å². The van der Waals surface area contributed by atoms with Crippen molar-refractivity contribution in [3.63, 3.8) is 0 Å². The van der Waals surface area contributed by atoms with Gasteiger partial charge in [0.15, 0.2) is 0 Å². The first-order valence-corrected chi connectivity index (χ1v) is 7.94. The zero-order valence-corrected chi connectivity index (χ0v) is 12.2. The van der Waals surface area contributed by atoms with E-state index in [2.05, 4.69) is 6.92 Å². The summed E-state index contributed by atoms with van der Waals surface area (Å²) >= 11 is 0. The van der Waals surface area contributed by atoms with Gasteiger partial charge in [-0.15, -0.1) is 0 Å². The predicted molar refractivity (Wildman–Crippen MR) is 77.6 cm³/mol. The standard InChI is InChI=1S/C16H31NO/c1-2-3-4-5-6-7-8-10-15(18)13-16(14-17)11-9-12-16/h2-14,17H2,1H3. The lowest BCUT2D eigenvalue weighted by atomic mass is 9.65. The van der Waals surface area contributed by atoms with Crippen LogP contribution in [0.4, 0.5) is 0 Å². The molecular weight excluding hydrogens is 222 g/mol. The molecule has 0 saturated heterocycles. The molecule has 106 valence electrons. The summed E-state index contributed by atoms with van der Waals surface area (Å²) in [5.74, 6) is 0.453. The zero-order valence-electron chi connectivity index (χ0n) is 12.2. The summed E-state index contributed by atoms with van der Waals surface area (Å²) in [5, 5.41) is 0. The van der Waals surface area contributed by atoms with E-state index in [0.29, 0.717) is 12.3 Å². The number of hydrogen-bond donors (Lipinski definition) is 1. The molecule has 0 amide bonds. The highest BCUT2D eigenvalue weighted by Gasteiger charge is 2.36. The van der Waals surface area contributed by atoms with Crippen LogP contribution in [0.2, 0.25) is 0 Å². The number of carbonyl (C=O) groups is 1. The van der Waals surface area contributed by atoms with E-state index in [1.54, 1.807) is 0 Å². The number of unbranched alkanes of at least 4 members (excludes halogenated alkanes) is 6. The largest absolute Gasteiger partial charge is 0.330 e. The van der Waals surface area contributed by atoms with Gasteiger partial charge in [0.25, 0.3) is 0 Å². The average molecular weight is 253 g/mol. The maximum Gasteiger partial charge on any atom is 0.133 e. The summed E-state index contributed by atoms with van der Waals surface area (Å²) in [6.45, 7) is 2.95. The lowest BCUT2D eigenvalue weighted by molar-refractivity contribution is -0.122. The quantitative estimate of drug-likeness (QED) is 0.560. The molecule has 18 heavy (non-hydrogen) atoms. The highest BCUT2D eigenvalue weighted by atomic mass is 16.1. The molecule has 1 aliphatic carbocycles. The summed E-state index contributed by atoms with van der Waals surface area (Å²) < 4.78 is 0. The van der Waals surface area contributed by atoms with E-state index in [-0.39, 0.29) is 5.41 Å². The van der Waals surface area contributed by atoms with E-state index in [9.17, 15) is 4.79 Å². The molecule has 0 aliphatic heterocycles. The second kappa shape index (κ2) is 8.68. The summed E-state index contributed by atoms with van der Waals surface area (Å²) in [4.78, 5) is 11.9. The van der Waals surface area contributed by atoms with Gasteiger partial charge >= 0.3 is 0 Å². The summed E-state index contributed by atoms with van der Waals surface area (Å²) in [7, 11) is 0. The first kappa shape index (κ1) is 15.7. The van der Waals surface area contributed by atoms with Crippen LogP contribution in [0.25, 0.3) is 0 Å². The molecule has 1 rings (SSSR count). The summed E-state index contributed by atoms with van der Waals surface area (Å²) in [5.41, 5.74) is 5.99. The minimum atomic E-state index is 0.207. The Balaban J connectivity index is 1.97. The van der Waals surface area contributed by atoms with E-state index in [1.165, 1.54) is 57.8 Å². The lowest BCUT2D eigenvalue weighted by Gasteiger charge is -2.40. The van der Waals surface area contributed by atoms with Gasteiger partial charge in [-0.1, -0.05) is 51.9 Å². The molecule has 2 nitrogen and oxygen atoms in total. The maximum absolute atomic E-state index is 11.9. The molecule has 0 aromatic heterocycles. The third kappa shape index (κ3) is 5.51.